The van der Waals surface area contributed by atoms with Crippen LogP contribution < -0.4 is 20.7 Å². The van der Waals surface area contributed by atoms with Crippen LogP contribution >= 0.6 is 0 Å². The molecule has 0 bridgehead atoms. The van der Waals surface area contributed by atoms with Gasteiger partial charge in [0, 0.05) is 29.8 Å². The molecule has 0 saturated carbocycles. The van der Waals surface area contributed by atoms with E-state index in [1.807, 2.05) is 6.07 Å². The maximum Gasteiger partial charge on any atom is 0.405 e. The van der Waals surface area contributed by atoms with Crippen LogP contribution in [0.5, 0.6) is 5.75 Å². The lowest BCUT2D eigenvalue weighted by molar-refractivity contribution is -0.118. The molecule has 0 radical (unpaired) electrons. The predicted molar refractivity (Wildman–Crippen MR) is 157 cm³/mol. The van der Waals surface area contributed by atoms with Crippen LogP contribution in [0.3, 0.4) is 0 Å². The van der Waals surface area contributed by atoms with Crippen molar-refractivity contribution in [2.75, 3.05) is 24.0 Å². The second-order valence-corrected chi connectivity index (χ2v) is 11.4. The highest BCUT2D eigenvalue weighted by molar-refractivity contribution is 7.90. The molecule has 4 N–H and O–H groups in total. The topological polar surface area (TPSA) is 164 Å². The van der Waals surface area contributed by atoms with Gasteiger partial charge in [0.25, 0.3) is 5.91 Å². The number of ether oxygens (including phenoxy) is 1. The highest BCUT2D eigenvalue weighted by atomic mass is 32.2. The molecule has 12 nitrogen and oxygen atoms in total. The molecule has 0 unspecified atom stereocenters. The number of benzene rings is 3. The van der Waals surface area contributed by atoms with Gasteiger partial charge in [-0.2, -0.15) is 4.98 Å². The SMILES string of the molecule is COc1cc(S(C)(=O)=O)ccc1Nc1nc2ccc(-c3ccc(NC(=O)[C@H](NC(=O)O)c4ccc(F)cc4)cc3)cn2n1. The molecule has 2 heterocycles. The van der Waals surface area contributed by atoms with Crippen LogP contribution in [0.15, 0.2) is 90.0 Å². The quantitative estimate of drug-likeness (QED) is 0.188. The number of carbonyl (C=O) groups is 2. The van der Waals surface area contributed by atoms with Crippen molar-refractivity contribution in [2.24, 2.45) is 0 Å². The number of hydrogen-bond donors (Lipinski definition) is 4. The molecule has 1 atom stereocenters. The van der Waals surface area contributed by atoms with Gasteiger partial charge in [-0.1, -0.05) is 24.3 Å². The Labute approximate surface area is 245 Å². The summed E-state index contributed by atoms with van der Waals surface area (Å²) in [6, 6.07) is 18.7. The molecule has 220 valence electrons. The van der Waals surface area contributed by atoms with Crippen molar-refractivity contribution in [3.63, 3.8) is 0 Å². The Morgan fingerprint density at radius 1 is 0.977 bits per heavy atom. The Hall–Kier alpha value is -5.50. The number of amides is 2. The van der Waals surface area contributed by atoms with Crippen molar-refractivity contribution in [3.8, 4) is 16.9 Å². The number of fused-ring (bicyclic) bond motifs is 1. The van der Waals surface area contributed by atoms with Gasteiger partial charge >= 0.3 is 6.09 Å². The molecule has 43 heavy (non-hydrogen) atoms. The van der Waals surface area contributed by atoms with Crippen LogP contribution in [-0.4, -0.2) is 53.5 Å². The van der Waals surface area contributed by atoms with E-state index in [2.05, 4.69) is 26.0 Å². The largest absolute Gasteiger partial charge is 0.495 e. The summed E-state index contributed by atoms with van der Waals surface area (Å²) < 4.78 is 44.0. The number of methoxy groups -OCH3 is 1. The number of nitrogens with one attached hydrogen (secondary N) is 3. The lowest BCUT2D eigenvalue weighted by atomic mass is 10.1. The molecule has 5 aromatic rings. The summed E-state index contributed by atoms with van der Waals surface area (Å²) in [5, 5.41) is 21.5. The summed E-state index contributed by atoms with van der Waals surface area (Å²) in [6.45, 7) is 0. The Kier molecular flexibility index (Phi) is 7.94. The zero-order valence-corrected chi connectivity index (χ0v) is 23.6. The van der Waals surface area contributed by atoms with E-state index in [0.29, 0.717) is 22.8 Å². The molecule has 5 rings (SSSR count). The second-order valence-electron chi connectivity index (χ2n) is 9.42. The van der Waals surface area contributed by atoms with E-state index in [1.165, 1.54) is 31.4 Å². The number of nitrogens with zero attached hydrogens (tertiary/aromatic N) is 3. The lowest BCUT2D eigenvalue weighted by Gasteiger charge is -2.17. The molecule has 0 fully saturated rings. The van der Waals surface area contributed by atoms with E-state index >= 15 is 0 Å². The van der Waals surface area contributed by atoms with Crippen LogP contribution in [0.4, 0.5) is 26.5 Å². The fourth-order valence-electron chi connectivity index (χ4n) is 4.27. The molecule has 0 saturated heterocycles. The smallest absolute Gasteiger partial charge is 0.405 e. The van der Waals surface area contributed by atoms with Gasteiger partial charge in [0.1, 0.15) is 17.6 Å². The molecular formula is C29H25FN6O6S. The zero-order valence-electron chi connectivity index (χ0n) is 22.8. The van der Waals surface area contributed by atoms with Gasteiger partial charge in [-0.25, -0.2) is 22.1 Å². The third-order valence-electron chi connectivity index (χ3n) is 6.40. The molecule has 0 aliphatic heterocycles. The number of aromatic nitrogens is 3. The fourth-order valence-corrected chi connectivity index (χ4v) is 4.91. The van der Waals surface area contributed by atoms with E-state index in [4.69, 9.17) is 4.74 Å². The highest BCUT2D eigenvalue weighted by Gasteiger charge is 2.23. The van der Waals surface area contributed by atoms with E-state index < -0.39 is 33.7 Å². The number of carboxylic acid groups (broad SMARTS) is 1. The first-order valence-electron chi connectivity index (χ1n) is 12.7. The van der Waals surface area contributed by atoms with Gasteiger partial charge in [0.2, 0.25) is 5.95 Å². The lowest BCUT2D eigenvalue weighted by Crippen LogP contribution is -2.36. The first-order valence-corrected chi connectivity index (χ1v) is 14.6. The summed E-state index contributed by atoms with van der Waals surface area (Å²) in [5.74, 6) is -0.552. The molecular weight excluding hydrogens is 579 g/mol. The number of halogens is 1. The minimum Gasteiger partial charge on any atom is -0.495 e. The van der Waals surface area contributed by atoms with Crippen LogP contribution in [-0.2, 0) is 14.6 Å². The number of anilines is 3. The Bertz CT molecular complexity index is 1930. The first-order chi connectivity index (χ1) is 20.5. The maximum atomic E-state index is 13.3. The number of carbonyl (C=O) groups excluding carboxylic acids is 1. The molecule has 0 spiro atoms. The summed E-state index contributed by atoms with van der Waals surface area (Å²) >= 11 is 0. The summed E-state index contributed by atoms with van der Waals surface area (Å²) in [6.07, 6.45) is 1.49. The first kappa shape index (κ1) is 29.0. The number of hydrogen-bond acceptors (Lipinski definition) is 8. The summed E-state index contributed by atoms with van der Waals surface area (Å²) in [5.41, 5.74) is 3.37. The van der Waals surface area contributed by atoms with Gasteiger partial charge < -0.3 is 25.8 Å². The Morgan fingerprint density at radius 2 is 1.67 bits per heavy atom. The average Bonchev–Trinajstić information content (AvgIpc) is 3.38. The van der Waals surface area contributed by atoms with E-state index in [1.54, 1.807) is 47.1 Å². The van der Waals surface area contributed by atoms with Crippen LogP contribution in [0.1, 0.15) is 11.6 Å². The minimum absolute atomic E-state index is 0.123. The zero-order chi connectivity index (χ0) is 30.7. The van der Waals surface area contributed by atoms with Crippen molar-refractivity contribution in [1.82, 2.24) is 19.9 Å². The molecule has 14 heteroatoms. The van der Waals surface area contributed by atoms with E-state index in [0.717, 1.165) is 29.5 Å². The maximum absolute atomic E-state index is 13.3. The predicted octanol–water partition coefficient (Wildman–Crippen LogP) is 4.64. The number of rotatable bonds is 9. The van der Waals surface area contributed by atoms with Crippen LogP contribution in [0, 0.1) is 5.82 Å². The number of pyridine rings is 1. The van der Waals surface area contributed by atoms with Crippen molar-refractivity contribution in [2.45, 2.75) is 10.9 Å². The third-order valence-corrected chi connectivity index (χ3v) is 7.51. The average molecular weight is 605 g/mol. The van der Waals surface area contributed by atoms with Crippen LogP contribution in [0.2, 0.25) is 0 Å². The van der Waals surface area contributed by atoms with Gasteiger partial charge in [-0.3, -0.25) is 4.79 Å². The van der Waals surface area contributed by atoms with E-state index in [-0.39, 0.29) is 16.4 Å². The Morgan fingerprint density at radius 3 is 2.33 bits per heavy atom. The normalized spacial score (nSPS) is 12.0. The van der Waals surface area contributed by atoms with Crippen molar-refractivity contribution >= 4 is 44.8 Å². The summed E-state index contributed by atoms with van der Waals surface area (Å²) in [4.78, 5) is 28.7. The molecule has 0 aliphatic carbocycles. The van der Waals surface area contributed by atoms with Crippen LogP contribution in [0.25, 0.3) is 16.8 Å². The summed E-state index contributed by atoms with van der Waals surface area (Å²) in [7, 11) is -1.97. The number of sulfone groups is 1. The molecule has 3 aromatic carbocycles. The van der Waals surface area contributed by atoms with Crippen molar-refractivity contribution < 1.29 is 32.2 Å². The van der Waals surface area contributed by atoms with E-state index in [9.17, 15) is 27.5 Å². The monoisotopic (exact) mass is 604 g/mol. The Balaban J connectivity index is 1.32. The van der Waals surface area contributed by atoms with Crippen molar-refractivity contribution in [3.05, 3.63) is 96.4 Å². The van der Waals surface area contributed by atoms with Gasteiger partial charge in [0.15, 0.2) is 15.5 Å². The van der Waals surface area contributed by atoms with Gasteiger partial charge in [-0.15, -0.1) is 5.10 Å². The fraction of sp³-hybridized carbons (Fsp3) is 0.103. The third kappa shape index (κ3) is 6.70. The van der Waals surface area contributed by atoms with Crippen molar-refractivity contribution in [1.29, 1.82) is 0 Å². The molecule has 0 aliphatic rings. The standard InChI is InChI=1S/C29H25FN6O6S/c1-42-24-15-22(43(2,40)41)12-13-23(24)32-28-33-25-14-7-19(16-36(25)35-28)17-5-10-21(11-6-17)31-27(37)26(34-29(38)39)18-3-8-20(30)9-4-18/h3-16,26,34H,1-2H3,(H,31,37)(H,32,35)(H,38,39)/t26-/m1/s1. The second kappa shape index (κ2) is 11.8. The molecule has 2 amide bonds. The highest BCUT2D eigenvalue weighted by Crippen LogP contribution is 2.30. The molecule has 2 aromatic heterocycles. The minimum atomic E-state index is -3.41. The van der Waals surface area contributed by atoms with Gasteiger partial charge in [-0.05, 0) is 59.7 Å². The van der Waals surface area contributed by atoms with Gasteiger partial charge in [0.05, 0.1) is 17.7 Å².